The summed E-state index contributed by atoms with van der Waals surface area (Å²) in [5.41, 5.74) is 4.01. The molecule has 0 aliphatic rings. The molecule has 2 N–H and O–H groups in total. The molecule has 0 atom stereocenters. The second-order valence-electron chi connectivity index (χ2n) is 4.64. The Morgan fingerprint density at radius 3 is 2.43 bits per heavy atom. The fraction of sp³-hybridized carbons (Fsp3) is 0.417. The number of nitrogen functional groups attached to an aromatic ring is 1. The number of carbonyl (C=O) groups is 1. The minimum absolute atomic E-state index is 0.276. The SMILES string of the molecule is CC(C)N(CC(F)(F)F)C(=O)c1cccc(N)c1[N+](=O)[O-]. The van der Waals surface area contributed by atoms with Crippen LogP contribution in [0.25, 0.3) is 0 Å². The summed E-state index contributed by atoms with van der Waals surface area (Å²) in [6.07, 6.45) is -4.60. The Hall–Kier alpha value is -2.32. The van der Waals surface area contributed by atoms with E-state index in [1.807, 2.05) is 0 Å². The summed E-state index contributed by atoms with van der Waals surface area (Å²) in [4.78, 5) is 22.8. The lowest BCUT2D eigenvalue weighted by Gasteiger charge is -2.27. The number of alkyl halides is 3. The molecule has 0 heterocycles. The Morgan fingerprint density at radius 1 is 1.43 bits per heavy atom. The predicted molar refractivity (Wildman–Crippen MR) is 69.7 cm³/mol. The lowest BCUT2D eigenvalue weighted by molar-refractivity contribution is -0.384. The normalized spacial score (nSPS) is 11.5. The molecule has 1 aromatic carbocycles. The van der Waals surface area contributed by atoms with Gasteiger partial charge in [0.1, 0.15) is 17.8 Å². The lowest BCUT2D eigenvalue weighted by Crippen LogP contribution is -2.43. The van der Waals surface area contributed by atoms with E-state index in [1.165, 1.54) is 26.0 Å². The van der Waals surface area contributed by atoms with Gasteiger partial charge in [0.2, 0.25) is 0 Å². The first-order valence-corrected chi connectivity index (χ1v) is 5.95. The van der Waals surface area contributed by atoms with Gasteiger partial charge >= 0.3 is 11.9 Å². The third-order valence-corrected chi connectivity index (χ3v) is 2.71. The van der Waals surface area contributed by atoms with Gasteiger partial charge in [-0.2, -0.15) is 13.2 Å². The maximum absolute atomic E-state index is 12.5. The molecule has 0 spiro atoms. The predicted octanol–water partition coefficient (Wildman–Crippen LogP) is 2.59. The molecule has 0 aromatic heterocycles. The van der Waals surface area contributed by atoms with Crippen LogP contribution in [-0.2, 0) is 0 Å². The number of nitro benzene ring substituents is 1. The second-order valence-corrected chi connectivity index (χ2v) is 4.64. The number of hydrogen-bond donors (Lipinski definition) is 1. The zero-order valence-corrected chi connectivity index (χ0v) is 11.3. The molecule has 0 bridgehead atoms. The van der Waals surface area contributed by atoms with Crippen LogP contribution in [0, 0.1) is 10.1 Å². The molecule has 21 heavy (non-hydrogen) atoms. The molecule has 0 saturated carbocycles. The van der Waals surface area contributed by atoms with Crippen LogP contribution < -0.4 is 5.73 Å². The van der Waals surface area contributed by atoms with Crippen LogP contribution in [0.4, 0.5) is 24.5 Å². The van der Waals surface area contributed by atoms with E-state index in [2.05, 4.69) is 0 Å². The van der Waals surface area contributed by atoms with E-state index < -0.39 is 40.8 Å². The van der Waals surface area contributed by atoms with Gasteiger partial charge in [-0.25, -0.2) is 0 Å². The number of nitro groups is 1. The van der Waals surface area contributed by atoms with Crippen molar-refractivity contribution in [1.82, 2.24) is 4.90 Å². The number of rotatable bonds is 4. The highest BCUT2D eigenvalue weighted by Crippen LogP contribution is 2.28. The number of benzene rings is 1. The first-order chi connectivity index (χ1) is 9.54. The highest BCUT2D eigenvalue weighted by atomic mass is 19.4. The Labute approximate surface area is 118 Å². The molecule has 1 amide bonds. The molecule has 6 nitrogen and oxygen atoms in total. The minimum Gasteiger partial charge on any atom is -0.393 e. The maximum atomic E-state index is 12.5. The van der Waals surface area contributed by atoms with E-state index in [-0.39, 0.29) is 5.69 Å². The molecule has 0 saturated heterocycles. The van der Waals surface area contributed by atoms with Crippen LogP contribution >= 0.6 is 0 Å². The standard InChI is InChI=1S/C12H14F3N3O3/c1-7(2)17(6-12(13,14)15)11(19)8-4-3-5-9(16)10(8)18(20)21/h3-5,7H,6,16H2,1-2H3. The summed E-state index contributed by atoms with van der Waals surface area (Å²) >= 11 is 0. The number of para-hydroxylation sites is 1. The fourth-order valence-electron chi connectivity index (χ4n) is 1.77. The zero-order valence-electron chi connectivity index (χ0n) is 11.3. The molecule has 0 radical (unpaired) electrons. The van der Waals surface area contributed by atoms with Gasteiger partial charge in [0, 0.05) is 6.04 Å². The van der Waals surface area contributed by atoms with E-state index in [0.717, 1.165) is 6.07 Å². The Bertz CT molecular complexity index is 558. The summed E-state index contributed by atoms with van der Waals surface area (Å²) in [6, 6.07) is 2.79. The van der Waals surface area contributed by atoms with Gasteiger partial charge < -0.3 is 10.6 Å². The highest BCUT2D eigenvalue weighted by molar-refractivity contribution is 6.00. The van der Waals surface area contributed by atoms with Crippen LogP contribution in [0.3, 0.4) is 0 Å². The lowest BCUT2D eigenvalue weighted by atomic mass is 10.1. The quantitative estimate of drug-likeness (QED) is 0.526. The Morgan fingerprint density at radius 2 is 2.00 bits per heavy atom. The van der Waals surface area contributed by atoms with E-state index in [1.54, 1.807) is 0 Å². The monoisotopic (exact) mass is 305 g/mol. The molecule has 1 aromatic rings. The molecular weight excluding hydrogens is 291 g/mol. The van der Waals surface area contributed by atoms with Crippen LogP contribution in [-0.4, -0.2) is 34.5 Å². The summed E-state index contributed by atoms with van der Waals surface area (Å²) < 4.78 is 37.6. The smallest absolute Gasteiger partial charge is 0.393 e. The van der Waals surface area contributed by atoms with Crippen molar-refractivity contribution >= 4 is 17.3 Å². The highest BCUT2D eigenvalue weighted by Gasteiger charge is 2.36. The topological polar surface area (TPSA) is 89.5 Å². The molecule has 0 aliphatic heterocycles. The van der Waals surface area contributed by atoms with Crippen LogP contribution in [0.5, 0.6) is 0 Å². The Balaban J connectivity index is 3.28. The van der Waals surface area contributed by atoms with Gasteiger partial charge in [0.25, 0.3) is 5.91 Å². The number of nitrogens with two attached hydrogens (primary N) is 1. The van der Waals surface area contributed by atoms with Gasteiger partial charge in [-0.3, -0.25) is 14.9 Å². The van der Waals surface area contributed by atoms with E-state index in [4.69, 9.17) is 5.73 Å². The largest absolute Gasteiger partial charge is 0.406 e. The number of nitrogens with zero attached hydrogens (tertiary/aromatic N) is 2. The Kier molecular flexibility index (Phi) is 4.77. The van der Waals surface area contributed by atoms with Gasteiger partial charge in [-0.1, -0.05) is 6.07 Å². The summed E-state index contributed by atoms with van der Waals surface area (Å²) in [6.45, 7) is 1.29. The first-order valence-electron chi connectivity index (χ1n) is 5.95. The summed E-state index contributed by atoms with van der Waals surface area (Å²) in [5, 5.41) is 11.0. The summed E-state index contributed by atoms with van der Waals surface area (Å²) in [5.74, 6) is -1.08. The number of halogens is 3. The van der Waals surface area contributed by atoms with Crippen molar-refractivity contribution in [3.63, 3.8) is 0 Å². The number of hydrogen-bond acceptors (Lipinski definition) is 4. The van der Waals surface area contributed by atoms with Gasteiger partial charge in [0.15, 0.2) is 0 Å². The van der Waals surface area contributed by atoms with Crippen molar-refractivity contribution in [1.29, 1.82) is 0 Å². The minimum atomic E-state index is -4.60. The molecule has 0 unspecified atom stereocenters. The van der Waals surface area contributed by atoms with Gasteiger partial charge in [-0.15, -0.1) is 0 Å². The summed E-state index contributed by atoms with van der Waals surface area (Å²) in [7, 11) is 0. The molecule has 0 fully saturated rings. The number of anilines is 1. The third-order valence-electron chi connectivity index (χ3n) is 2.71. The van der Waals surface area contributed by atoms with Crippen molar-refractivity contribution in [3.8, 4) is 0 Å². The molecular formula is C12H14F3N3O3. The van der Waals surface area contributed by atoms with Gasteiger partial charge in [-0.05, 0) is 26.0 Å². The van der Waals surface area contributed by atoms with Crippen molar-refractivity contribution in [2.75, 3.05) is 12.3 Å². The van der Waals surface area contributed by atoms with E-state index >= 15 is 0 Å². The van der Waals surface area contributed by atoms with Crippen molar-refractivity contribution in [2.24, 2.45) is 0 Å². The third kappa shape index (κ3) is 4.07. The van der Waals surface area contributed by atoms with E-state index in [0.29, 0.717) is 4.90 Å². The fourth-order valence-corrected chi connectivity index (χ4v) is 1.77. The second kappa shape index (κ2) is 5.98. The van der Waals surface area contributed by atoms with Crippen LogP contribution in [0.1, 0.15) is 24.2 Å². The average Bonchev–Trinajstić information content (AvgIpc) is 2.33. The molecule has 0 aliphatic carbocycles. The van der Waals surface area contributed by atoms with E-state index in [9.17, 15) is 28.1 Å². The van der Waals surface area contributed by atoms with Crippen LogP contribution in [0.2, 0.25) is 0 Å². The molecule has 9 heteroatoms. The van der Waals surface area contributed by atoms with Gasteiger partial charge in [0.05, 0.1) is 4.92 Å². The molecule has 116 valence electrons. The van der Waals surface area contributed by atoms with Crippen molar-refractivity contribution in [3.05, 3.63) is 33.9 Å². The number of amides is 1. The maximum Gasteiger partial charge on any atom is 0.406 e. The number of carbonyl (C=O) groups excluding carboxylic acids is 1. The first kappa shape index (κ1) is 16.7. The zero-order chi connectivity index (χ0) is 16.4. The van der Waals surface area contributed by atoms with Crippen molar-refractivity contribution < 1.29 is 22.9 Å². The molecule has 1 rings (SSSR count). The van der Waals surface area contributed by atoms with Crippen molar-refractivity contribution in [2.45, 2.75) is 26.1 Å². The average molecular weight is 305 g/mol. The van der Waals surface area contributed by atoms with Crippen LogP contribution in [0.15, 0.2) is 18.2 Å².